The fourth-order valence-corrected chi connectivity index (χ4v) is 3.79. The molecule has 1 aliphatic carbocycles. The van der Waals surface area contributed by atoms with Gasteiger partial charge >= 0.3 is 5.97 Å². The molecular weight excluding hydrogens is 328 g/mol. The lowest BCUT2D eigenvalue weighted by Crippen LogP contribution is -2.71. The summed E-state index contributed by atoms with van der Waals surface area (Å²) in [5.41, 5.74) is -3.52. The molecular formula is C18H24O7. The van der Waals surface area contributed by atoms with Gasteiger partial charge in [-0.2, -0.15) is 0 Å². The molecule has 3 rings (SSSR count). The molecule has 1 saturated carbocycles. The predicted molar refractivity (Wildman–Crippen MR) is 86.3 cm³/mol. The van der Waals surface area contributed by atoms with Gasteiger partial charge in [0.25, 0.3) is 0 Å². The largest absolute Gasteiger partial charge is 0.459 e. The van der Waals surface area contributed by atoms with E-state index in [1.807, 2.05) is 0 Å². The van der Waals surface area contributed by atoms with Crippen molar-refractivity contribution in [1.29, 1.82) is 0 Å². The number of ether oxygens (including phenoxy) is 3. The zero-order chi connectivity index (χ0) is 18.8. The molecule has 0 unspecified atom stereocenters. The zero-order valence-corrected chi connectivity index (χ0v) is 14.8. The normalized spacial score (nSPS) is 46.8. The number of carbonyl (C=O) groups excluding carboxylic acids is 1. The summed E-state index contributed by atoms with van der Waals surface area (Å²) >= 11 is 0. The van der Waals surface area contributed by atoms with Crippen molar-refractivity contribution in [3.63, 3.8) is 0 Å². The van der Waals surface area contributed by atoms with E-state index in [9.17, 15) is 20.1 Å². The van der Waals surface area contributed by atoms with Crippen LogP contribution in [0.2, 0.25) is 0 Å². The Bertz CT molecular complexity index is 675. The third-order valence-corrected chi connectivity index (χ3v) is 5.22. The number of aliphatic hydroxyl groups excluding tert-OH is 2. The topological polar surface area (TPSA) is 109 Å². The van der Waals surface area contributed by atoms with E-state index in [0.717, 1.165) is 0 Å². The van der Waals surface area contributed by atoms with E-state index in [-0.39, 0.29) is 6.42 Å². The lowest BCUT2D eigenvalue weighted by atomic mass is 9.68. The van der Waals surface area contributed by atoms with Crippen molar-refractivity contribution in [1.82, 2.24) is 0 Å². The smallest absolute Gasteiger partial charge is 0.303 e. The maximum atomic E-state index is 11.4. The van der Waals surface area contributed by atoms with Gasteiger partial charge in [0.2, 0.25) is 0 Å². The first-order valence-corrected chi connectivity index (χ1v) is 8.24. The Balaban J connectivity index is 1.94. The molecule has 25 heavy (non-hydrogen) atoms. The first-order chi connectivity index (χ1) is 11.4. The van der Waals surface area contributed by atoms with Gasteiger partial charge in [0.1, 0.15) is 41.7 Å². The summed E-state index contributed by atoms with van der Waals surface area (Å²) in [6.45, 7) is 10.1. The van der Waals surface area contributed by atoms with E-state index in [1.165, 1.54) is 6.92 Å². The average molecular weight is 352 g/mol. The highest BCUT2D eigenvalue weighted by Crippen LogP contribution is 2.58. The molecule has 7 atom stereocenters. The van der Waals surface area contributed by atoms with Crippen molar-refractivity contribution in [2.24, 2.45) is 0 Å². The molecule has 0 aromatic carbocycles. The minimum atomic E-state index is -2.10. The molecule has 2 aliphatic heterocycles. The Hall–Kier alpha value is -1.43. The van der Waals surface area contributed by atoms with Gasteiger partial charge in [0.05, 0.1) is 0 Å². The van der Waals surface area contributed by atoms with Gasteiger partial charge < -0.3 is 29.5 Å². The Labute approximate surface area is 146 Å². The quantitative estimate of drug-likeness (QED) is 0.337. The van der Waals surface area contributed by atoms with Crippen LogP contribution in [0.5, 0.6) is 0 Å². The van der Waals surface area contributed by atoms with Crippen LogP contribution in [0.25, 0.3) is 0 Å². The van der Waals surface area contributed by atoms with Crippen molar-refractivity contribution in [3.05, 3.63) is 12.2 Å². The van der Waals surface area contributed by atoms with Crippen molar-refractivity contribution in [2.45, 2.75) is 81.4 Å². The highest BCUT2D eigenvalue weighted by molar-refractivity contribution is 5.66. The molecule has 3 fully saturated rings. The second-order valence-corrected chi connectivity index (χ2v) is 7.68. The van der Waals surface area contributed by atoms with Gasteiger partial charge in [-0.25, -0.2) is 0 Å². The molecule has 7 heteroatoms. The highest BCUT2D eigenvalue weighted by atomic mass is 16.7. The monoisotopic (exact) mass is 352 g/mol. The van der Waals surface area contributed by atoms with E-state index in [2.05, 4.69) is 18.4 Å². The van der Waals surface area contributed by atoms with E-state index in [4.69, 9.17) is 14.2 Å². The number of epoxide rings is 1. The maximum Gasteiger partial charge on any atom is 0.303 e. The number of carbonyl (C=O) groups is 1. The molecule has 7 nitrogen and oxygen atoms in total. The minimum absolute atomic E-state index is 0.257. The van der Waals surface area contributed by atoms with Crippen LogP contribution in [0.15, 0.2) is 12.2 Å². The van der Waals surface area contributed by atoms with E-state index in [0.29, 0.717) is 5.57 Å². The lowest BCUT2D eigenvalue weighted by molar-refractivity contribution is -0.264. The van der Waals surface area contributed by atoms with Gasteiger partial charge in [0.15, 0.2) is 5.60 Å². The molecule has 0 radical (unpaired) electrons. The van der Waals surface area contributed by atoms with Crippen LogP contribution in [-0.2, 0) is 19.0 Å². The highest BCUT2D eigenvalue weighted by Gasteiger charge is 2.79. The van der Waals surface area contributed by atoms with E-state index in [1.54, 1.807) is 20.8 Å². The minimum Gasteiger partial charge on any atom is -0.459 e. The van der Waals surface area contributed by atoms with Crippen molar-refractivity contribution in [2.75, 3.05) is 0 Å². The Morgan fingerprint density at radius 1 is 1.20 bits per heavy atom. The third-order valence-electron chi connectivity index (χ3n) is 5.22. The summed E-state index contributed by atoms with van der Waals surface area (Å²) < 4.78 is 17.0. The zero-order valence-electron chi connectivity index (χ0n) is 14.8. The molecule has 2 saturated heterocycles. The predicted octanol–water partition coefficient (Wildman–Crippen LogP) is -0.331. The van der Waals surface area contributed by atoms with Crippen molar-refractivity contribution < 1.29 is 34.3 Å². The SMILES string of the molecule is C=C(C)C#C[C@]1(O)[C@@H](O)[C@@H]2OC(C)(C)[C@H](OC(C)=O)C[C@@]23O[C@H]3[C@@H]1O. The second kappa shape index (κ2) is 5.53. The summed E-state index contributed by atoms with van der Waals surface area (Å²) in [6, 6.07) is 0. The van der Waals surface area contributed by atoms with E-state index >= 15 is 0 Å². The van der Waals surface area contributed by atoms with Crippen LogP contribution in [0.1, 0.15) is 34.1 Å². The molecule has 0 aromatic heterocycles. The van der Waals surface area contributed by atoms with Gasteiger partial charge in [-0.1, -0.05) is 18.4 Å². The fourth-order valence-electron chi connectivity index (χ4n) is 3.79. The first-order valence-electron chi connectivity index (χ1n) is 8.24. The van der Waals surface area contributed by atoms with Crippen molar-refractivity contribution >= 4 is 5.97 Å². The number of aliphatic hydroxyl groups is 3. The van der Waals surface area contributed by atoms with Gasteiger partial charge in [-0.05, 0) is 26.3 Å². The van der Waals surface area contributed by atoms with Crippen LogP contribution in [-0.4, -0.2) is 68.6 Å². The first kappa shape index (κ1) is 18.4. The molecule has 3 aliphatic rings. The summed E-state index contributed by atoms with van der Waals surface area (Å²) in [5.74, 6) is 4.68. The summed E-state index contributed by atoms with van der Waals surface area (Å²) in [4.78, 5) is 11.4. The summed E-state index contributed by atoms with van der Waals surface area (Å²) in [5, 5.41) is 32.1. The molecule has 138 valence electrons. The number of rotatable bonds is 1. The van der Waals surface area contributed by atoms with Crippen LogP contribution in [0.4, 0.5) is 0 Å². The number of allylic oxidation sites excluding steroid dienone is 1. The average Bonchev–Trinajstić information content (AvgIpc) is 3.21. The molecule has 2 heterocycles. The number of hydrogen-bond acceptors (Lipinski definition) is 7. The molecule has 0 bridgehead atoms. The van der Waals surface area contributed by atoms with Crippen LogP contribution in [0.3, 0.4) is 0 Å². The van der Waals surface area contributed by atoms with Gasteiger partial charge in [-0.15, -0.1) is 0 Å². The third kappa shape index (κ3) is 2.69. The number of hydrogen-bond donors (Lipinski definition) is 3. The van der Waals surface area contributed by atoms with Gasteiger partial charge in [-0.3, -0.25) is 4.79 Å². The molecule has 3 N–H and O–H groups in total. The Morgan fingerprint density at radius 3 is 2.28 bits per heavy atom. The standard InChI is InChI=1S/C18H24O7/c1-9(2)6-7-17(22)12(20)14-18(15(25-18)13(17)21)8-11(23-10(3)19)16(4,5)24-14/h11-15,20-22H,1,8H2,2-5H3/t11-,12+,13+,14+,15+,17+,18-/m1/s1. The lowest BCUT2D eigenvalue weighted by Gasteiger charge is -2.51. The van der Waals surface area contributed by atoms with E-state index < -0.39 is 53.3 Å². The molecule has 1 spiro atoms. The van der Waals surface area contributed by atoms with Crippen LogP contribution in [0, 0.1) is 11.8 Å². The van der Waals surface area contributed by atoms with Crippen LogP contribution >= 0.6 is 0 Å². The Kier molecular flexibility index (Phi) is 4.06. The number of esters is 1. The summed E-state index contributed by atoms with van der Waals surface area (Å²) in [7, 11) is 0. The maximum absolute atomic E-state index is 11.4. The molecule has 0 aromatic rings. The summed E-state index contributed by atoms with van der Waals surface area (Å²) in [6.07, 6.45) is -4.93. The van der Waals surface area contributed by atoms with Crippen molar-refractivity contribution in [3.8, 4) is 11.8 Å². The Morgan fingerprint density at radius 2 is 1.76 bits per heavy atom. The molecule has 0 amide bonds. The van der Waals surface area contributed by atoms with Gasteiger partial charge in [0, 0.05) is 13.3 Å². The van der Waals surface area contributed by atoms with Crippen LogP contribution < -0.4 is 0 Å². The fraction of sp³-hybridized carbons (Fsp3) is 0.722. The second-order valence-electron chi connectivity index (χ2n) is 7.68.